The van der Waals surface area contributed by atoms with Gasteiger partial charge in [-0.25, -0.2) is 29.1 Å². The van der Waals surface area contributed by atoms with E-state index in [1.54, 1.807) is 19.9 Å². The number of nitrogens with two attached hydrogens (primary N) is 1. The van der Waals surface area contributed by atoms with E-state index >= 15 is 0 Å². The van der Waals surface area contributed by atoms with Crippen LogP contribution < -0.4 is 10.5 Å². The normalized spacial score (nSPS) is 14.9. The zero-order chi connectivity index (χ0) is 20.6. The van der Waals surface area contributed by atoms with Crippen LogP contribution in [0.15, 0.2) is 38.8 Å². The van der Waals surface area contributed by atoms with Gasteiger partial charge in [0.2, 0.25) is 5.16 Å². The molecule has 0 radical (unpaired) electrons. The van der Waals surface area contributed by atoms with Crippen LogP contribution in [0.5, 0.6) is 0 Å². The fourth-order valence-electron chi connectivity index (χ4n) is 2.92. The maximum atomic E-state index is 12.8. The number of amides is 2. The molecule has 0 saturated heterocycles. The number of carbonyl (C=O) groups excluding carboxylic acids is 1. The molecule has 0 aliphatic carbocycles. The number of ether oxygens (including phenoxy) is 1. The summed E-state index contributed by atoms with van der Waals surface area (Å²) in [5.74, 6) is 0.397. The van der Waals surface area contributed by atoms with E-state index in [2.05, 4.69) is 29.6 Å². The standard InChI is InChI=1S/C17H17N7O4S/c1-9-3-10(2)22-17(21-9)29(18,26)24-16(25)23-15-11(14-5-19-8-28-14)4-20-13-7-27-6-12(13)15/h3-5,8H,6-7H2,1-2H3,(H3,18,20,23,24,25,26). The Morgan fingerprint density at radius 3 is 2.69 bits per heavy atom. The van der Waals surface area contributed by atoms with Crippen LogP contribution in [0, 0.1) is 13.8 Å². The largest absolute Gasteiger partial charge is 0.443 e. The van der Waals surface area contributed by atoms with Crippen molar-refractivity contribution in [2.24, 2.45) is 9.50 Å². The van der Waals surface area contributed by atoms with Gasteiger partial charge in [-0.1, -0.05) is 0 Å². The van der Waals surface area contributed by atoms with Gasteiger partial charge in [-0.15, -0.1) is 4.36 Å². The van der Waals surface area contributed by atoms with E-state index in [0.717, 1.165) is 0 Å². The minimum atomic E-state index is -3.65. The molecule has 1 aliphatic heterocycles. The summed E-state index contributed by atoms with van der Waals surface area (Å²) in [5, 5.41) is 8.21. The Bertz CT molecular complexity index is 1200. The van der Waals surface area contributed by atoms with Gasteiger partial charge in [0.05, 0.1) is 36.4 Å². The molecule has 0 fully saturated rings. The summed E-state index contributed by atoms with van der Waals surface area (Å²) in [6.45, 7) is 3.98. The number of hydrogen-bond donors (Lipinski definition) is 2. The highest BCUT2D eigenvalue weighted by atomic mass is 32.2. The third-order valence-electron chi connectivity index (χ3n) is 4.13. The molecule has 4 rings (SSSR count). The summed E-state index contributed by atoms with van der Waals surface area (Å²) in [5.41, 5.74) is 3.36. The highest BCUT2D eigenvalue weighted by Crippen LogP contribution is 2.35. The monoisotopic (exact) mass is 415 g/mol. The molecule has 3 aromatic heterocycles. The number of carbonyl (C=O) groups is 1. The molecule has 3 aromatic rings. The van der Waals surface area contributed by atoms with Gasteiger partial charge < -0.3 is 14.5 Å². The number of anilines is 1. The van der Waals surface area contributed by atoms with Crippen LogP contribution in [-0.4, -0.2) is 30.2 Å². The third kappa shape index (κ3) is 3.85. The Kier molecular flexibility index (Phi) is 4.82. The van der Waals surface area contributed by atoms with Crippen molar-refractivity contribution in [2.75, 3.05) is 5.32 Å². The molecule has 1 unspecified atom stereocenters. The van der Waals surface area contributed by atoms with Crippen molar-refractivity contribution >= 4 is 21.6 Å². The average Bonchev–Trinajstić information content (AvgIpc) is 3.32. The van der Waals surface area contributed by atoms with Crippen molar-refractivity contribution in [3.63, 3.8) is 0 Å². The molecule has 2 amide bonds. The first-order valence-corrected chi connectivity index (χ1v) is 10.1. The predicted octanol–water partition coefficient (Wildman–Crippen LogP) is 2.11. The number of oxazole rings is 1. The lowest BCUT2D eigenvalue weighted by Gasteiger charge is -2.12. The second-order valence-corrected chi connectivity index (χ2v) is 8.04. The predicted molar refractivity (Wildman–Crippen MR) is 102 cm³/mol. The lowest BCUT2D eigenvalue weighted by molar-refractivity contribution is 0.133. The van der Waals surface area contributed by atoms with Crippen LogP contribution in [0.3, 0.4) is 0 Å². The highest BCUT2D eigenvalue weighted by Gasteiger charge is 2.24. The minimum Gasteiger partial charge on any atom is -0.443 e. The van der Waals surface area contributed by atoms with Crippen LogP contribution in [0.25, 0.3) is 11.3 Å². The summed E-state index contributed by atoms with van der Waals surface area (Å²) in [6.07, 6.45) is 4.29. The number of hydrogen-bond acceptors (Lipinski definition) is 8. The van der Waals surface area contributed by atoms with Crippen molar-refractivity contribution in [3.8, 4) is 11.3 Å². The lowest BCUT2D eigenvalue weighted by Crippen LogP contribution is -2.21. The van der Waals surface area contributed by atoms with Gasteiger partial charge in [-0.05, 0) is 19.9 Å². The fraction of sp³-hybridized carbons (Fsp3) is 0.235. The molecule has 0 bridgehead atoms. The van der Waals surface area contributed by atoms with Gasteiger partial charge in [0.1, 0.15) is 0 Å². The summed E-state index contributed by atoms with van der Waals surface area (Å²) in [4.78, 5) is 28.9. The maximum absolute atomic E-state index is 12.8. The second-order valence-electron chi connectivity index (χ2n) is 6.35. The van der Waals surface area contributed by atoms with E-state index in [1.165, 1.54) is 18.8 Å². The van der Waals surface area contributed by atoms with E-state index in [1.807, 2.05) is 0 Å². The van der Waals surface area contributed by atoms with Crippen LogP contribution in [-0.2, 0) is 27.9 Å². The van der Waals surface area contributed by atoms with Crippen molar-refractivity contribution in [2.45, 2.75) is 32.2 Å². The number of rotatable bonds is 3. The molecule has 1 aliphatic rings. The number of nitrogens with one attached hydrogen (secondary N) is 1. The molecular weight excluding hydrogens is 398 g/mol. The second kappa shape index (κ2) is 7.31. The minimum absolute atomic E-state index is 0.205. The van der Waals surface area contributed by atoms with Gasteiger partial charge >= 0.3 is 6.03 Å². The van der Waals surface area contributed by atoms with Crippen LogP contribution in [0.1, 0.15) is 22.6 Å². The van der Waals surface area contributed by atoms with Crippen LogP contribution >= 0.6 is 0 Å². The topological polar surface area (TPSA) is 158 Å². The third-order valence-corrected chi connectivity index (χ3v) is 5.27. The number of urea groups is 1. The number of aryl methyl sites for hydroxylation is 2. The summed E-state index contributed by atoms with van der Waals surface area (Å²) < 4.78 is 27.2. The maximum Gasteiger partial charge on any atom is 0.355 e. The molecule has 12 heteroatoms. The Hall–Kier alpha value is -3.22. The van der Waals surface area contributed by atoms with E-state index in [9.17, 15) is 9.00 Å². The molecule has 11 nitrogen and oxygen atoms in total. The van der Waals surface area contributed by atoms with Crippen molar-refractivity contribution in [1.29, 1.82) is 0 Å². The zero-order valence-electron chi connectivity index (χ0n) is 15.6. The fourth-order valence-corrected chi connectivity index (χ4v) is 3.84. The zero-order valence-corrected chi connectivity index (χ0v) is 16.4. The lowest BCUT2D eigenvalue weighted by atomic mass is 10.1. The first-order valence-electron chi connectivity index (χ1n) is 8.49. The smallest absolute Gasteiger partial charge is 0.355 e. The molecule has 3 N–H and O–H groups in total. The van der Waals surface area contributed by atoms with Gasteiger partial charge in [0, 0.05) is 23.1 Å². The summed E-state index contributed by atoms with van der Waals surface area (Å²) in [7, 11) is -3.65. The Balaban J connectivity index is 1.73. The van der Waals surface area contributed by atoms with E-state index < -0.39 is 15.9 Å². The van der Waals surface area contributed by atoms with E-state index in [0.29, 0.717) is 46.3 Å². The van der Waals surface area contributed by atoms with E-state index in [-0.39, 0.29) is 11.8 Å². The summed E-state index contributed by atoms with van der Waals surface area (Å²) >= 11 is 0. The first kappa shape index (κ1) is 19.1. The van der Waals surface area contributed by atoms with Crippen molar-refractivity contribution < 1.29 is 18.2 Å². The number of fused-ring (bicyclic) bond motifs is 1. The Morgan fingerprint density at radius 1 is 1.24 bits per heavy atom. The Morgan fingerprint density at radius 2 is 2.00 bits per heavy atom. The van der Waals surface area contributed by atoms with Crippen molar-refractivity contribution in [1.82, 2.24) is 19.9 Å². The Labute approximate surface area is 166 Å². The number of nitrogens with zero attached hydrogens (tertiary/aromatic N) is 5. The molecule has 29 heavy (non-hydrogen) atoms. The molecular formula is C17H17N7O4S. The van der Waals surface area contributed by atoms with Crippen LogP contribution in [0.2, 0.25) is 0 Å². The molecule has 0 spiro atoms. The summed E-state index contributed by atoms with van der Waals surface area (Å²) in [6, 6.07) is 0.782. The molecule has 150 valence electrons. The average molecular weight is 415 g/mol. The van der Waals surface area contributed by atoms with Gasteiger partial charge in [0.25, 0.3) is 0 Å². The molecule has 4 heterocycles. The first-order chi connectivity index (χ1) is 13.8. The number of pyridine rings is 1. The van der Waals surface area contributed by atoms with E-state index in [4.69, 9.17) is 14.3 Å². The van der Waals surface area contributed by atoms with Gasteiger partial charge in [-0.2, -0.15) is 0 Å². The molecule has 1 atom stereocenters. The number of aromatic nitrogens is 4. The molecule has 0 saturated carbocycles. The van der Waals surface area contributed by atoms with Crippen molar-refractivity contribution in [3.05, 3.63) is 47.5 Å². The highest BCUT2D eigenvalue weighted by molar-refractivity contribution is 7.91. The SMILES string of the molecule is Cc1cc(C)nc(S(N)(=O)=NC(=O)Nc2c(-c3cnco3)cnc3c2COC3)n1. The van der Waals surface area contributed by atoms with Gasteiger partial charge in [-0.3, -0.25) is 4.98 Å². The quantitative estimate of drug-likeness (QED) is 0.615. The van der Waals surface area contributed by atoms with Gasteiger partial charge in [0.15, 0.2) is 22.1 Å². The molecule has 0 aromatic carbocycles. The van der Waals surface area contributed by atoms with Crippen LogP contribution in [0.4, 0.5) is 10.5 Å².